The van der Waals surface area contributed by atoms with Crippen molar-refractivity contribution in [2.45, 2.75) is 31.3 Å². The van der Waals surface area contributed by atoms with E-state index in [-0.39, 0.29) is 11.9 Å². The highest BCUT2D eigenvalue weighted by Crippen LogP contribution is 2.39. The first-order valence-electron chi connectivity index (χ1n) is 7.97. The Balaban J connectivity index is 1.47. The maximum Gasteiger partial charge on any atom is 0.251 e. The van der Waals surface area contributed by atoms with Gasteiger partial charge in [0.05, 0.1) is 0 Å². The van der Waals surface area contributed by atoms with Gasteiger partial charge in [0.15, 0.2) is 0 Å². The van der Waals surface area contributed by atoms with E-state index in [1.165, 1.54) is 16.9 Å². The van der Waals surface area contributed by atoms with Gasteiger partial charge in [-0.1, -0.05) is 18.2 Å². The average Bonchev–Trinajstić information content (AvgIpc) is 3.05. The molecule has 1 N–H and O–H groups in total. The second-order valence-electron chi connectivity index (χ2n) is 6.17. The van der Waals surface area contributed by atoms with Crippen molar-refractivity contribution in [2.24, 2.45) is 0 Å². The Labute approximate surface area is 135 Å². The molecule has 0 radical (unpaired) electrons. The molecule has 1 saturated heterocycles. The van der Waals surface area contributed by atoms with Crippen LogP contribution < -0.4 is 5.32 Å². The molecule has 1 amide bonds. The van der Waals surface area contributed by atoms with E-state index < -0.39 is 0 Å². The normalized spacial score (nSPS) is 24.4. The van der Waals surface area contributed by atoms with Crippen LogP contribution in [0.25, 0.3) is 0 Å². The third-order valence-electron chi connectivity index (χ3n) is 4.84. The third-order valence-corrected chi connectivity index (χ3v) is 5.90. The Kier molecular flexibility index (Phi) is 3.72. The second kappa shape index (κ2) is 5.86. The van der Waals surface area contributed by atoms with Crippen LogP contribution in [0.5, 0.6) is 0 Å². The zero-order valence-corrected chi connectivity index (χ0v) is 13.3. The van der Waals surface area contributed by atoms with Gasteiger partial charge in [-0.25, -0.2) is 0 Å². The van der Waals surface area contributed by atoms with Gasteiger partial charge in [-0.3, -0.25) is 9.69 Å². The topological polar surface area (TPSA) is 32.3 Å². The summed E-state index contributed by atoms with van der Waals surface area (Å²) in [5.41, 5.74) is 2.27. The van der Waals surface area contributed by atoms with Crippen molar-refractivity contribution >= 4 is 17.2 Å². The van der Waals surface area contributed by atoms with Gasteiger partial charge < -0.3 is 5.32 Å². The molecule has 2 atom stereocenters. The first kappa shape index (κ1) is 14.0. The summed E-state index contributed by atoms with van der Waals surface area (Å²) in [5, 5.41) is 5.44. The van der Waals surface area contributed by atoms with Gasteiger partial charge in [0, 0.05) is 35.6 Å². The van der Waals surface area contributed by atoms with E-state index in [1.54, 1.807) is 0 Å². The number of rotatable bonds is 2. The van der Waals surface area contributed by atoms with Crippen molar-refractivity contribution < 1.29 is 4.79 Å². The van der Waals surface area contributed by atoms with Crippen LogP contribution in [0.2, 0.25) is 0 Å². The van der Waals surface area contributed by atoms with Gasteiger partial charge in [-0.15, -0.1) is 11.3 Å². The highest BCUT2D eigenvalue weighted by molar-refractivity contribution is 7.10. The molecule has 22 heavy (non-hydrogen) atoms. The maximum atomic E-state index is 12.3. The Morgan fingerprint density at radius 3 is 2.91 bits per heavy atom. The average molecular weight is 312 g/mol. The van der Waals surface area contributed by atoms with E-state index in [2.05, 4.69) is 21.7 Å². The molecule has 0 spiro atoms. The Morgan fingerprint density at radius 2 is 2.05 bits per heavy atom. The zero-order valence-electron chi connectivity index (χ0n) is 12.5. The van der Waals surface area contributed by atoms with Crippen LogP contribution in [0, 0.1) is 0 Å². The van der Waals surface area contributed by atoms with Crippen LogP contribution in [-0.2, 0) is 6.42 Å². The van der Waals surface area contributed by atoms with Crippen LogP contribution in [0.3, 0.4) is 0 Å². The van der Waals surface area contributed by atoms with Gasteiger partial charge in [0.1, 0.15) is 0 Å². The van der Waals surface area contributed by atoms with Gasteiger partial charge >= 0.3 is 0 Å². The van der Waals surface area contributed by atoms with Crippen LogP contribution in [-0.4, -0.2) is 29.9 Å². The lowest BCUT2D eigenvalue weighted by Crippen LogP contribution is -2.48. The number of benzene rings is 1. The number of nitrogens with zero attached hydrogens (tertiary/aromatic N) is 1. The van der Waals surface area contributed by atoms with E-state index in [0.29, 0.717) is 6.04 Å². The van der Waals surface area contributed by atoms with E-state index in [9.17, 15) is 4.79 Å². The molecular formula is C18H20N2OS. The van der Waals surface area contributed by atoms with Crippen molar-refractivity contribution in [3.8, 4) is 0 Å². The fraction of sp³-hybridized carbons (Fsp3) is 0.389. The number of nitrogens with one attached hydrogen (secondary N) is 1. The lowest BCUT2D eigenvalue weighted by atomic mass is 9.90. The van der Waals surface area contributed by atoms with Crippen LogP contribution in [0.15, 0.2) is 41.8 Å². The second-order valence-corrected chi connectivity index (χ2v) is 7.12. The van der Waals surface area contributed by atoms with Crippen LogP contribution in [0.1, 0.15) is 39.7 Å². The van der Waals surface area contributed by atoms with E-state index in [1.807, 2.05) is 41.7 Å². The zero-order chi connectivity index (χ0) is 14.9. The number of fused-ring (bicyclic) bond motifs is 3. The van der Waals surface area contributed by atoms with Crippen LogP contribution in [0.4, 0.5) is 0 Å². The molecule has 114 valence electrons. The van der Waals surface area contributed by atoms with Crippen molar-refractivity contribution in [3.05, 3.63) is 57.8 Å². The summed E-state index contributed by atoms with van der Waals surface area (Å²) < 4.78 is 0. The first-order valence-corrected chi connectivity index (χ1v) is 8.85. The molecule has 4 rings (SSSR count). The van der Waals surface area contributed by atoms with Gasteiger partial charge in [-0.2, -0.15) is 0 Å². The summed E-state index contributed by atoms with van der Waals surface area (Å²) in [5.74, 6) is 0.0567. The summed E-state index contributed by atoms with van der Waals surface area (Å²) in [7, 11) is 0. The summed E-state index contributed by atoms with van der Waals surface area (Å²) in [4.78, 5) is 16.5. The molecule has 3 nitrogen and oxygen atoms in total. The number of hydrogen-bond acceptors (Lipinski definition) is 3. The molecule has 1 aromatic carbocycles. The SMILES string of the molecule is O=C(N[C@@H]1CCN2CCc3ccsc3C2C1)c1ccccc1. The fourth-order valence-electron chi connectivity index (χ4n) is 3.65. The quantitative estimate of drug-likeness (QED) is 0.923. The summed E-state index contributed by atoms with van der Waals surface area (Å²) in [6.45, 7) is 2.25. The van der Waals surface area contributed by atoms with Crippen molar-refractivity contribution in [1.82, 2.24) is 10.2 Å². The number of thiophene rings is 1. The molecule has 3 heterocycles. The number of hydrogen-bond donors (Lipinski definition) is 1. The number of carbonyl (C=O) groups excluding carboxylic acids is 1. The number of piperidine rings is 1. The minimum atomic E-state index is 0.0567. The predicted molar refractivity (Wildman–Crippen MR) is 89.3 cm³/mol. The Bertz CT molecular complexity index is 667. The van der Waals surface area contributed by atoms with Gasteiger partial charge in [0.25, 0.3) is 5.91 Å². The van der Waals surface area contributed by atoms with Crippen LogP contribution >= 0.6 is 11.3 Å². The largest absolute Gasteiger partial charge is 0.349 e. The highest BCUT2D eigenvalue weighted by Gasteiger charge is 2.34. The molecule has 0 aliphatic carbocycles. The Morgan fingerprint density at radius 1 is 1.18 bits per heavy atom. The molecule has 2 aliphatic heterocycles. The molecule has 1 aromatic heterocycles. The summed E-state index contributed by atoms with van der Waals surface area (Å²) in [6, 6.07) is 12.6. The fourth-order valence-corrected chi connectivity index (χ4v) is 4.76. The first-order chi connectivity index (χ1) is 10.8. The minimum absolute atomic E-state index is 0.0567. The number of carbonyl (C=O) groups is 1. The van der Waals surface area contributed by atoms with Gasteiger partial charge in [0.2, 0.25) is 0 Å². The molecule has 2 aromatic rings. The molecule has 1 unspecified atom stereocenters. The number of amides is 1. The lowest BCUT2D eigenvalue weighted by Gasteiger charge is -2.42. The molecule has 0 saturated carbocycles. The molecule has 4 heteroatoms. The summed E-state index contributed by atoms with van der Waals surface area (Å²) >= 11 is 1.87. The standard InChI is InChI=1S/C18H20N2OS/c21-18(14-4-2-1-3-5-14)19-15-7-10-20-9-6-13-8-11-22-17(13)16(20)12-15/h1-5,8,11,15-16H,6-7,9-10,12H2,(H,19,21)/t15-,16?/m1/s1. The molecule has 2 aliphatic rings. The van der Waals surface area contributed by atoms with Gasteiger partial charge in [-0.05, 0) is 48.4 Å². The summed E-state index contributed by atoms with van der Waals surface area (Å²) in [6.07, 6.45) is 3.26. The molecule has 0 bridgehead atoms. The monoisotopic (exact) mass is 312 g/mol. The third kappa shape index (κ3) is 2.57. The molecular weight excluding hydrogens is 292 g/mol. The highest BCUT2D eigenvalue weighted by atomic mass is 32.1. The van der Waals surface area contributed by atoms with Crippen molar-refractivity contribution in [1.29, 1.82) is 0 Å². The maximum absolute atomic E-state index is 12.3. The van der Waals surface area contributed by atoms with E-state index in [0.717, 1.165) is 31.5 Å². The predicted octanol–water partition coefficient (Wildman–Crippen LogP) is 3.24. The van der Waals surface area contributed by atoms with E-state index >= 15 is 0 Å². The van der Waals surface area contributed by atoms with Crippen molar-refractivity contribution in [2.75, 3.05) is 13.1 Å². The van der Waals surface area contributed by atoms with E-state index in [4.69, 9.17) is 0 Å². The molecule has 1 fully saturated rings. The smallest absolute Gasteiger partial charge is 0.251 e. The van der Waals surface area contributed by atoms with Crippen molar-refractivity contribution in [3.63, 3.8) is 0 Å². The Hall–Kier alpha value is -1.65. The lowest BCUT2D eigenvalue weighted by molar-refractivity contribution is 0.0850. The minimum Gasteiger partial charge on any atom is -0.349 e.